The summed E-state index contributed by atoms with van der Waals surface area (Å²) in [6, 6.07) is 7.02. The van der Waals surface area contributed by atoms with Gasteiger partial charge in [-0.1, -0.05) is 26.3 Å². The summed E-state index contributed by atoms with van der Waals surface area (Å²) in [4.78, 5) is 65.4. The molecule has 0 bridgehead atoms. The van der Waals surface area contributed by atoms with Crippen LogP contribution in [-0.4, -0.2) is 69.9 Å². The van der Waals surface area contributed by atoms with Crippen molar-refractivity contribution in [2.75, 3.05) is 29.6 Å². The maximum absolute atomic E-state index is 13.6. The Balaban J connectivity index is 1.75. The predicted octanol–water partition coefficient (Wildman–Crippen LogP) is 4.79. The highest BCUT2D eigenvalue weighted by molar-refractivity contribution is 6.23. The number of piperidine rings is 1. The van der Waals surface area contributed by atoms with Crippen LogP contribution in [0.1, 0.15) is 64.0 Å². The van der Waals surface area contributed by atoms with E-state index in [-0.39, 0.29) is 30.4 Å². The van der Waals surface area contributed by atoms with Gasteiger partial charge in [0.2, 0.25) is 0 Å². The fourth-order valence-corrected chi connectivity index (χ4v) is 5.08. The van der Waals surface area contributed by atoms with Crippen molar-refractivity contribution in [3.63, 3.8) is 0 Å². The minimum atomic E-state index is -5.36. The third kappa shape index (κ3) is 6.40. The maximum Gasteiger partial charge on any atom is 0.493 e. The SMILES string of the molecule is CC(C)c1ccc(N2C(=O)N(Cc3ccncc3)C(C)(C)C2=O)cc1N(OC(=O)C(F)(F)F)C(=O)CN1CCCCC1. The number of imide groups is 1. The number of halogens is 3. The summed E-state index contributed by atoms with van der Waals surface area (Å²) >= 11 is 0. The normalized spacial score (nSPS) is 17.6. The summed E-state index contributed by atoms with van der Waals surface area (Å²) in [6.45, 7) is 7.67. The Kier molecular flexibility index (Phi) is 8.90. The number of aromatic nitrogens is 1. The van der Waals surface area contributed by atoms with Crippen LogP contribution in [0.5, 0.6) is 0 Å². The quantitative estimate of drug-likeness (QED) is 0.338. The van der Waals surface area contributed by atoms with E-state index in [9.17, 15) is 32.3 Å². The summed E-state index contributed by atoms with van der Waals surface area (Å²) in [6.07, 6.45) is 0.399. The van der Waals surface area contributed by atoms with E-state index in [0.29, 0.717) is 23.7 Å². The van der Waals surface area contributed by atoms with Crippen LogP contribution >= 0.6 is 0 Å². The highest BCUT2D eigenvalue weighted by Gasteiger charge is 2.52. The number of hydrogen-bond donors (Lipinski definition) is 0. The first-order valence-electron chi connectivity index (χ1n) is 13.7. The molecular formula is C29H34F3N5O5. The van der Waals surface area contributed by atoms with Crippen molar-refractivity contribution in [2.45, 2.75) is 71.1 Å². The number of nitrogens with zero attached hydrogens (tertiary/aromatic N) is 5. The second-order valence-electron chi connectivity index (χ2n) is 11.2. The first-order chi connectivity index (χ1) is 19.7. The Morgan fingerprint density at radius 1 is 1.05 bits per heavy atom. The first kappa shape index (κ1) is 30.9. The number of hydroxylamine groups is 1. The third-order valence-electron chi connectivity index (χ3n) is 7.47. The van der Waals surface area contributed by atoms with Crippen LogP contribution in [0.25, 0.3) is 0 Å². The zero-order valence-corrected chi connectivity index (χ0v) is 24.0. The monoisotopic (exact) mass is 589 g/mol. The molecule has 3 heterocycles. The highest BCUT2D eigenvalue weighted by atomic mass is 19.4. The van der Waals surface area contributed by atoms with E-state index in [2.05, 4.69) is 4.98 Å². The van der Waals surface area contributed by atoms with Gasteiger partial charge in [0.1, 0.15) is 5.54 Å². The number of hydrogen-bond acceptors (Lipinski definition) is 7. The number of likely N-dealkylation sites (tertiary alicyclic amines) is 1. The maximum atomic E-state index is 13.6. The molecule has 1 aromatic heterocycles. The van der Waals surface area contributed by atoms with Crippen molar-refractivity contribution in [3.8, 4) is 0 Å². The zero-order valence-electron chi connectivity index (χ0n) is 24.0. The van der Waals surface area contributed by atoms with E-state index < -0.39 is 35.5 Å². The van der Waals surface area contributed by atoms with Gasteiger partial charge in [0.15, 0.2) is 0 Å². The van der Waals surface area contributed by atoms with Gasteiger partial charge in [-0.15, -0.1) is 5.06 Å². The van der Waals surface area contributed by atoms with Crippen LogP contribution in [-0.2, 0) is 25.8 Å². The van der Waals surface area contributed by atoms with Gasteiger partial charge in [-0.2, -0.15) is 13.2 Å². The molecule has 2 aliphatic heterocycles. The predicted molar refractivity (Wildman–Crippen MR) is 147 cm³/mol. The zero-order chi connectivity index (χ0) is 30.8. The second kappa shape index (κ2) is 12.1. The van der Waals surface area contributed by atoms with Gasteiger partial charge in [-0.25, -0.2) is 14.5 Å². The molecule has 226 valence electrons. The Morgan fingerprint density at radius 2 is 1.69 bits per heavy atom. The molecule has 0 unspecified atom stereocenters. The molecule has 13 heteroatoms. The molecule has 0 saturated carbocycles. The van der Waals surface area contributed by atoms with Crippen LogP contribution in [0.15, 0.2) is 42.7 Å². The van der Waals surface area contributed by atoms with Crippen LogP contribution in [0.3, 0.4) is 0 Å². The molecule has 2 saturated heterocycles. The molecule has 10 nitrogen and oxygen atoms in total. The van der Waals surface area contributed by atoms with Crippen molar-refractivity contribution in [1.29, 1.82) is 0 Å². The lowest BCUT2D eigenvalue weighted by Crippen LogP contribution is -2.45. The molecule has 0 spiro atoms. The van der Waals surface area contributed by atoms with E-state index in [1.165, 1.54) is 23.1 Å². The van der Waals surface area contributed by atoms with Gasteiger partial charge in [0.05, 0.1) is 17.9 Å². The molecular weight excluding hydrogens is 555 g/mol. The summed E-state index contributed by atoms with van der Waals surface area (Å²) in [7, 11) is 0. The molecule has 1 aromatic carbocycles. The topological polar surface area (TPSA) is 103 Å². The van der Waals surface area contributed by atoms with Gasteiger partial charge >= 0.3 is 18.2 Å². The Bertz CT molecular complexity index is 1340. The third-order valence-corrected chi connectivity index (χ3v) is 7.47. The van der Waals surface area contributed by atoms with Crippen LogP contribution in [0.2, 0.25) is 0 Å². The lowest BCUT2D eigenvalue weighted by atomic mass is 9.99. The molecule has 0 atom stereocenters. The van der Waals surface area contributed by atoms with Crippen LogP contribution < -0.4 is 9.96 Å². The average molecular weight is 590 g/mol. The number of urea groups is 1. The van der Waals surface area contributed by atoms with Crippen LogP contribution in [0, 0.1) is 0 Å². The van der Waals surface area contributed by atoms with Gasteiger partial charge in [-0.05, 0) is 81.1 Å². The molecule has 2 fully saturated rings. The highest BCUT2D eigenvalue weighted by Crippen LogP contribution is 2.38. The van der Waals surface area contributed by atoms with Gasteiger partial charge in [-0.3, -0.25) is 19.5 Å². The second-order valence-corrected chi connectivity index (χ2v) is 11.2. The van der Waals surface area contributed by atoms with Crippen molar-refractivity contribution >= 4 is 35.2 Å². The van der Waals surface area contributed by atoms with E-state index in [0.717, 1.165) is 29.7 Å². The smallest absolute Gasteiger partial charge is 0.324 e. The number of rotatable bonds is 7. The fourth-order valence-electron chi connectivity index (χ4n) is 5.08. The number of carbonyl (C=O) groups excluding carboxylic acids is 4. The number of pyridine rings is 1. The molecule has 0 N–H and O–H groups in total. The molecule has 0 aliphatic carbocycles. The molecule has 2 aromatic rings. The van der Waals surface area contributed by atoms with Gasteiger partial charge in [0.25, 0.3) is 11.8 Å². The minimum Gasteiger partial charge on any atom is -0.324 e. The molecule has 2 aliphatic rings. The van der Waals surface area contributed by atoms with E-state index in [1.54, 1.807) is 57.1 Å². The van der Waals surface area contributed by atoms with E-state index in [4.69, 9.17) is 4.84 Å². The minimum absolute atomic E-state index is 0.0218. The fraction of sp³-hybridized carbons (Fsp3) is 0.483. The summed E-state index contributed by atoms with van der Waals surface area (Å²) < 4.78 is 39.9. The van der Waals surface area contributed by atoms with Crippen molar-refractivity contribution in [3.05, 3.63) is 53.9 Å². The summed E-state index contributed by atoms with van der Waals surface area (Å²) in [5.74, 6) is -4.34. The van der Waals surface area contributed by atoms with Crippen LogP contribution in [0.4, 0.5) is 29.3 Å². The first-order valence-corrected chi connectivity index (χ1v) is 13.7. The molecule has 42 heavy (non-hydrogen) atoms. The molecule has 0 radical (unpaired) electrons. The Hall–Kier alpha value is -4.00. The van der Waals surface area contributed by atoms with Crippen molar-refractivity contribution in [1.82, 2.24) is 14.8 Å². The lowest BCUT2D eigenvalue weighted by Gasteiger charge is -2.30. The van der Waals surface area contributed by atoms with E-state index >= 15 is 0 Å². The Labute approximate surface area is 242 Å². The summed E-state index contributed by atoms with van der Waals surface area (Å²) in [5, 5.41) is 0.355. The number of amides is 4. The van der Waals surface area contributed by atoms with Crippen molar-refractivity contribution in [2.24, 2.45) is 0 Å². The number of anilines is 2. The lowest BCUT2D eigenvalue weighted by molar-refractivity contribution is -0.201. The number of benzene rings is 1. The molecule has 4 amide bonds. The number of alkyl halides is 3. The summed E-state index contributed by atoms with van der Waals surface area (Å²) in [5.41, 5.74) is -0.274. The van der Waals surface area contributed by atoms with Gasteiger partial charge < -0.3 is 9.74 Å². The number of carbonyl (C=O) groups is 4. The van der Waals surface area contributed by atoms with Crippen molar-refractivity contribution < 1.29 is 37.2 Å². The Morgan fingerprint density at radius 3 is 2.29 bits per heavy atom. The standard InChI is InChI=1S/C29H34F3N5O5/c1-19(2)22-9-8-21(36-25(39)28(3,4)35(27(36)41)17-20-10-12-33-13-11-20)16-23(22)37(42-26(40)29(30,31)32)24(38)18-34-14-6-5-7-15-34/h8-13,16,19H,5-7,14-15,17-18H2,1-4H3. The average Bonchev–Trinajstić information content (AvgIpc) is 3.10. The van der Waals surface area contributed by atoms with Gasteiger partial charge in [0, 0.05) is 18.9 Å². The molecule has 4 rings (SSSR count). The van der Waals surface area contributed by atoms with E-state index in [1.807, 2.05) is 0 Å². The largest absolute Gasteiger partial charge is 0.493 e.